The number of nitrogens with zero attached hydrogens (tertiary/aromatic N) is 6. The predicted molar refractivity (Wildman–Crippen MR) is 65.5 cm³/mol. The molecule has 0 unspecified atom stereocenters. The van der Waals surface area contributed by atoms with Gasteiger partial charge in [-0.15, -0.1) is 5.10 Å². The van der Waals surface area contributed by atoms with E-state index in [1.165, 1.54) is 23.6 Å². The molecule has 0 aliphatic carbocycles. The lowest BCUT2D eigenvalue weighted by Gasteiger charge is -2.03. The van der Waals surface area contributed by atoms with E-state index in [2.05, 4.69) is 30.2 Å². The van der Waals surface area contributed by atoms with E-state index in [1.54, 1.807) is 6.20 Å². The highest BCUT2D eigenvalue weighted by Gasteiger charge is 2.13. The lowest BCUT2D eigenvalue weighted by atomic mass is 10.4. The highest BCUT2D eigenvalue weighted by Crippen LogP contribution is 2.23. The van der Waals surface area contributed by atoms with Crippen LogP contribution in [0.1, 0.15) is 11.4 Å². The molecule has 0 aliphatic rings. The van der Waals surface area contributed by atoms with Crippen molar-refractivity contribution >= 4 is 17.7 Å². The van der Waals surface area contributed by atoms with Crippen LogP contribution in [0.5, 0.6) is 0 Å². The molecule has 2 aromatic rings. The largest absolute Gasteiger partial charge is 0.468 e. The fourth-order valence-electron chi connectivity index (χ4n) is 1.22. The molecule has 9 heteroatoms. The first-order valence-electron chi connectivity index (χ1n) is 5.41. The Balaban J connectivity index is 2.17. The summed E-state index contributed by atoms with van der Waals surface area (Å²) in [6, 6.07) is 0. The van der Waals surface area contributed by atoms with Crippen LogP contribution in [-0.4, -0.2) is 43.3 Å². The zero-order chi connectivity index (χ0) is 13.8. The summed E-state index contributed by atoms with van der Waals surface area (Å²) in [7, 11) is 1.31. The zero-order valence-corrected chi connectivity index (χ0v) is 11.5. The quantitative estimate of drug-likeness (QED) is 0.743. The van der Waals surface area contributed by atoms with Crippen molar-refractivity contribution in [3.05, 3.63) is 17.6 Å². The molecule has 8 nitrogen and oxygen atoms in total. The fraction of sp³-hybridized carbons (Fsp3) is 0.400. The maximum absolute atomic E-state index is 11.2. The lowest BCUT2D eigenvalue weighted by Crippen LogP contribution is -2.13. The SMILES string of the molecule is COC(=O)Cn1nnnc1Sc1cnc(C)c(C)n1. The molecular formula is C10H12N6O2S. The van der Waals surface area contributed by atoms with E-state index in [1.807, 2.05) is 13.8 Å². The van der Waals surface area contributed by atoms with Gasteiger partial charge in [0, 0.05) is 0 Å². The topological polar surface area (TPSA) is 95.7 Å². The number of rotatable bonds is 4. The maximum Gasteiger partial charge on any atom is 0.327 e. The molecule has 0 spiro atoms. The Labute approximate surface area is 113 Å². The summed E-state index contributed by atoms with van der Waals surface area (Å²) in [5, 5.41) is 12.2. The van der Waals surface area contributed by atoms with Crippen LogP contribution >= 0.6 is 11.8 Å². The van der Waals surface area contributed by atoms with Gasteiger partial charge in [-0.2, -0.15) is 0 Å². The number of methoxy groups -OCH3 is 1. The first-order chi connectivity index (χ1) is 9.10. The van der Waals surface area contributed by atoms with Gasteiger partial charge in [0.1, 0.15) is 11.6 Å². The van der Waals surface area contributed by atoms with Gasteiger partial charge in [0.15, 0.2) is 0 Å². The van der Waals surface area contributed by atoms with Crippen molar-refractivity contribution in [3.63, 3.8) is 0 Å². The second-order valence-electron chi connectivity index (χ2n) is 3.68. The van der Waals surface area contributed by atoms with E-state index in [9.17, 15) is 4.79 Å². The summed E-state index contributed by atoms with van der Waals surface area (Å²) in [5.41, 5.74) is 1.72. The number of hydrogen-bond acceptors (Lipinski definition) is 8. The summed E-state index contributed by atoms with van der Waals surface area (Å²) < 4.78 is 5.93. The summed E-state index contributed by atoms with van der Waals surface area (Å²) in [5.74, 6) is -0.416. The monoisotopic (exact) mass is 280 g/mol. The Morgan fingerprint density at radius 2 is 2.21 bits per heavy atom. The molecule has 0 atom stereocenters. The first kappa shape index (κ1) is 13.4. The van der Waals surface area contributed by atoms with E-state index in [-0.39, 0.29) is 6.54 Å². The highest BCUT2D eigenvalue weighted by molar-refractivity contribution is 7.99. The second kappa shape index (κ2) is 5.74. The van der Waals surface area contributed by atoms with Crippen LogP contribution < -0.4 is 0 Å². The number of aromatic nitrogens is 6. The van der Waals surface area contributed by atoms with E-state index >= 15 is 0 Å². The molecule has 0 N–H and O–H groups in total. The molecule has 0 aliphatic heterocycles. The summed E-state index contributed by atoms with van der Waals surface area (Å²) in [6.45, 7) is 3.73. The molecule has 2 rings (SSSR count). The van der Waals surface area contributed by atoms with Crippen LogP contribution in [0.15, 0.2) is 16.4 Å². The Kier molecular flexibility index (Phi) is 4.05. The van der Waals surface area contributed by atoms with Gasteiger partial charge in [0.05, 0.1) is 24.7 Å². The van der Waals surface area contributed by atoms with Crippen LogP contribution in [0.4, 0.5) is 0 Å². The highest BCUT2D eigenvalue weighted by atomic mass is 32.2. The Morgan fingerprint density at radius 3 is 2.89 bits per heavy atom. The smallest absolute Gasteiger partial charge is 0.327 e. The van der Waals surface area contributed by atoms with E-state index < -0.39 is 5.97 Å². The molecule has 19 heavy (non-hydrogen) atoms. The Hall–Kier alpha value is -2.03. The van der Waals surface area contributed by atoms with Gasteiger partial charge in [-0.3, -0.25) is 9.78 Å². The second-order valence-corrected chi connectivity index (χ2v) is 4.66. The number of aryl methyl sites for hydroxylation is 2. The average molecular weight is 280 g/mol. The minimum Gasteiger partial charge on any atom is -0.468 e. The number of esters is 1. The van der Waals surface area contributed by atoms with Gasteiger partial charge in [-0.1, -0.05) is 0 Å². The molecule has 0 saturated carbocycles. The third-order valence-electron chi connectivity index (χ3n) is 2.37. The van der Waals surface area contributed by atoms with Crippen LogP contribution in [0.2, 0.25) is 0 Å². The van der Waals surface area contributed by atoms with Crippen molar-refractivity contribution in [1.82, 2.24) is 30.2 Å². The number of carbonyl (C=O) groups is 1. The number of hydrogen-bond donors (Lipinski definition) is 0. The summed E-state index contributed by atoms with van der Waals surface area (Å²) in [4.78, 5) is 19.8. The third kappa shape index (κ3) is 3.25. The van der Waals surface area contributed by atoms with Crippen LogP contribution in [0.3, 0.4) is 0 Å². The fourth-order valence-corrected chi connectivity index (χ4v) is 1.98. The number of carbonyl (C=O) groups excluding carboxylic acids is 1. The van der Waals surface area contributed by atoms with Gasteiger partial charge >= 0.3 is 5.97 Å². The van der Waals surface area contributed by atoms with E-state index in [0.717, 1.165) is 11.4 Å². The summed E-state index contributed by atoms with van der Waals surface area (Å²) >= 11 is 1.24. The van der Waals surface area contributed by atoms with E-state index in [4.69, 9.17) is 0 Å². The van der Waals surface area contributed by atoms with Crippen LogP contribution in [-0.2, 0) is 16.1 Å². The molecular weight excluding hydrogens is 268 g/mol. The minimum atomic E-state index is -0.416. The van der Waals surface area contributed by atoms with Crippen LogP contribution in [0, 0.1) is 13.8 Å². The maximum atomic E-state index is 11.2. The Bertz CT molecular complexity index is 599. The van der Waals surface area contributed by atoms with Crippen LogP contribution in [0.25, 0.3) is 0 Å². The van der Waals surface area contributed by atoms with Gasteiger partial charge in [0.2, 0.25) is 5.16 Å². The number of tetrazole rings is 1. The Morgan fingerprint density at radius 1 is 1.42 bits per heavy atom. The number of ether oxygens (including phenoxy) is 1. The van der Waals surface area contributed by atoms with Crippen molar-refractivity contribution in [2.75, 3.05) is 7.11 Å². The van der Waals surface area contributed by atoms with Gasteiger partial charge in [-0.25, -0.2) is 9.67 Å². The van der Waals surface area contributed by atoms with Crippen molar-refractivity contribution < 1.29 is 9.53 Å². The average Bonchev–Trinajstić information content (AvgIpc) is 2.81. The molecule has 0 bridgehead atoms. The zero-order valence-electron chi connectivity index (χ0n) is 10.7. The van der Waals surface area contributed by atoms with Gasteiger partial charge < -0.3 is 4.74 Å². The molecule has 0 radical (unpaired) electrons. The standard InChI is InChI=1S/C10H12N6O2S/c1-6-7(2)12-8(4-11-6)19-10-13-14-15-16(10)5-9(17)18-3/h4H,5H2,1-3H3. The molecule has 100 valence electrons. The molecule has 2 heterocycles. The molecule has 0 fully saturated rings. The molecule has 2 aromatic heterocycles. The molecule has 0 aromatic carbocycles. The normalized spacial score (nSPS) is 10.5. The summed E-state index contributed by atoms with van der Waals surface area (Å²) in [6.07, 6.45) is 1.64. The first-order valence-corrected chi connectivity index (χ1v) is 6.23. The van der Waals surface area contributed by atoms with Crippen molar-refractivity contribution in [1.29, 1.82) is 0 Å². The van der Waals surface area contributed by atoms with Gasteiger partial charge in [0.25, 0.3) is 0 Å². The third-order valence-corrected chi connectivity index (χ3v) is 3.25. The molecule has 0 saturated heterocycles. The van der Waals surface area contributed by atoms with Crippen molar-refractivity contribution in [2.24, 2.45) is 0 Å². The molecule has 0 amide bonds. The lowest BCUT2D eigenvalue weighted by molar-refractivity contribution is -0.141. The van der Waals surface area contributed by atoms with E-state index in [0.29, 0.717) is 10.2 Å². The van der Waals surface area contributed by atoms with Crippen molar-refractivity contribution in [3.8, 4) is 0 Å². The predicted octanol–water partition coefficient (Wildman–Crippen LogP) is 0.404. The van der Waals surface area contributed by atoms with Crippen molar-refractivity contribution in [2.45, 2.75) is 30.6 Å². The van der Waals surface area contributed by atoms with Gasteiger partial charge in [-0.05, 0) is 36.0 Å². The minimum absolute atomic E-state index is 0.0376.